The molecule has 0 amide bonds. The maximum absolute atomic E-state index is 6.52. The molecule has 10 aromatic rings. The summed E-state index contributed by atoms with van der Waals surface area (Å²) in [6, 6.07) is 74.9. The van der Waals surface area contributed by atoms with Crippen molar-refractivity contribution < 1.29 is 4.74 Å². The highest BCUT2D eigenvalue weighted by Crippen LogP contribution is 2.48. The molecule has 2 aliphatic carbocycles. The maximum Gasteiger partial charge on any atom is 0.179 e. The summed E-state index contributed by atoms with van der Waals surface area (Å²) >= 11 is 0. The SMILES string of the molecule is CC1C=CC(n2c3ccccc3c3cc(-c4cccc([Si](c5ccccc5)(c5ccccc5)c5ccc(-n6c7c(c8ccccc86)CC6C(=C7)Oc7ccccc76)cc5)c4)ccc32)=CC1. The first-order valence-electron chi connectivity index (χ1n) is 23.0. The van der Waals surface area contributed by atoms with Gasteiger partial charge in [-0.05, 0) is 105 Å². The largest absolute Gasteiger partial charge is 0.461 e. The van der Waals surface area contributed by atoms with E-state index in [1.165, 1.54) is 87.1 Å². The summed E-state index contributed by atoms with van der Waals surface area (Å²) in [5.41, 5.74) is 12.4. The van der Waals surface area contributed by atoms with E-state index in [1.54, 1.807) is 0 Å². The highest BCUT2D eigenvalue weighted by atomic mass is 28.3. The van der Waals surface area contributed by atoms with Crippen LogP contribution < -0.4 is 25.5 Å². The first-order valence-corrected chi connectivity index (χ1v) is 25.0. The first-order chi connectivity index (χ1) is 32.1. The van der Waals surface area contributed by atoms with Crippen LogP contribution in [0, 0.1) is 5.92 Å². The van der Waals surface area contributed by atoms with Gasteiger partial charge >= 0.3 is 0 Å². The van der Waals surface area contributed by atoms with Gasteiger partial charge < -0.3 is 13.9 Å². The summed E-state index contributed by atoms with van der Waals surface area (Å²) in [6.07, 6.45) is 11.3. The van der Waals surface area contributed by atoms with Crippen LogP contribution in [0.2, 0.25) is 0 Å². The number of benzene rings is 8. The minimum absolute atomic E-state index is 0.238. The Morgan fingerprint density at radius 2 is 1.15 bits per heavy atom. The van der Waals surface area contributed by atoms with Gasteiger partial charge in [0.25, 0.3) is 0 Å². The van der Waals surface area contributed by atoms with Gasteiger partial charge in [-0.3, -0.25) is 0 Å². The maximum atomic E-state index is 6.52. The van der Waals surface area contributed by atoms with Crippen LogP contribution in [0.4, 0.5) is 0 Å². The lowest BCUT2D eigenvalue weighted by atomic mass is 9.86. The van der Waals surface area contributed by atoms with Crippen LogP contribution in [0.15, 0.2) is 224 Å². The number of aromatic nitrogens is 2. The van der Waals surface area contributed by atoms with E-state index in [1.807, 2.05) is 0 Å². The molecule has 0 fully saturated rings. The lowest BCUT2D eigenvalue weighted by molar-refractivity contribution is 0.429. The topological polar surface area (TPSA) is 19.1 Å². The Hall–Kier alpha value is -7.66. The number of para-hydroxylation sites is 3. The quantitative estimate of drug-likeness (QED) is 0.115. The lowest BCUT2D eigenvalue weighted by Gasteiger charge is -2.35. The fourth-order valence-corrected chi connectivity index (χ4v) is 16.1. The van der Waals surface area contributed by atoms with Gasteiger partial charge in [0.2, 0.25) is 0 Å². The van der Waals surface area contributed by atoms with Crippen molar-refractivity contribution >= 4 is 73.3 Å². The Labute approximate surface area is 380 Å². The number of ether oxygens (including phenoxy) is 1. The lowest BCUT2D eigenvalue weighted by Crippen LogP contribution is -2.74. The minimum atomic E-state index is -2.89. The second kappa shape index (κ2) is 15.0. The van der Waals surface area contributed by atoms with E-state index >= 15 is 0 Å². The van der Waals surface area contributed by atoms with E-state index in [0.717, 1.165) is 30.0 Å². The van der Waals surface area contributed by atoms with Crippen LogP contribution in [-0.2, 0) is 6.42 Å². The van der Waals surface area contributed by atoms with Gasteiger partial charge in [0.05, 0.1) is 28.2 Å². The smallest absolute Gasteiger partial charge is 0.179 e. The Morgan fingerprint density at radius 3 is 1.91 bits per heavy atom. The number of fused-ring (bicyclic) bond motifs is 9. The molecular weight excluding hydrogens is 805 g/mol. The van der Waals surface area contributed by atoms with Crippen LogP contribution in [0.1, 0.15) is 36.1 Å². The molecule has 0 saturated carbocycles. The molecule has 0 spiro atoms. The average Bonchev–Trinajstić information content (AvgIpc) is 4.02. The van der Waals surface area contributed by atoms with Crippen LogP contribution >= 0.6 is 0 Å². The van der Waals surface area contributed by atoms with Crippen molar-refractivity contribution in [3.63, 3.8) is 0 Å². The molecule has 3 aliphatic rings. The van der Waals surface area contributed by atoms with Crippen molar-refractivity contribution in [2.45, 2.75) is 25.7 Å². The summed E-state index contributed by atoms with van der Waals surface area (Å²) in [4.78, 5) is 0. The second-order valence-corrected chi connectivity index (χ2v) is 21.9. The summed E-state index contributed by atoms with van der Waals surface area (Å²) in [6.45, 7) is 2.28. The molecule has 3 heterocycles. The zero-order valence-electron chi connectivity index (χ0n) is 36.2. The summed E-state index contributed by atoms with van der Waals surface area (Å²) in [7, 11) is -2.89. The van der Waals surface area contributed by atoms with Crippen LogP contribution in [0.25, 0.3) is 61.3 Å². The highest BCUT2D eigenvalue weighted by Gasteiger charge is 2.42. The number of hydrogen-bond donors (Lipinski definition) is 0. The standard InChI is InChI=1S/C61H46N2OSi/c1-41-27-30-44(31-28-41)62-56-24-11-8-21-50(56)53-38-43(29-36-58(53)62)42-15-14-20-49(37-42)65(46-16-4-2-5-17-46,47-18-6-3-7-19-47)48-34-32-45(33-35-48)63-57-25-12-9-22-51(57)54-39-55-52-23-10-13-26-60(52)64-61(55)40-59(54)63/h2-27,29-38,40-41,55H,28,39H2,1H3. The summed E-state index contributed by atoms with van der Waals surface area (Å²) < 4.78 is 11.4. The molecule has 4 heteroatoms. The second-order valence-electron chi connectivity index (χ2n) is 18.1. The first kappa shape index (κ1) is 37.9. The zero-order valence-corrected chi connectivity index (χ0v) is 37.2. The molecule has 0 N–H and O–H groups in total. The number of hydrogen-bond acceptors (Lipinski definition) is 1. The third-order valence-corrected chi connectivity index (χ3v) is 19.2. The number of allylic oxidation sites excluding steroid dienone is 5. The van der Waals surface area contributed by atoms with Gasteiger partial charge in [-0.1, -0.05) is 177 Å². The van der Waals surface area contributed by atoms with Crippen molar-refractivity contribution in [1.82, 2.24) is 9.13 Å². The highest BCUT2D eigenvalue weighted by molar-refractivity contribution is 7.19. The van der Waals surface area contributed by atoms with Crippen molar-refractivity contribution in [2.75, 3.05) is 0 Å². The van der Waals surface area contributed by atoms with E-state index in [4.69, 9.17) is 4.74 Å². The molecule has 310 valence electrons. The predicted octanol–water partition coefficient (Wildman–Crippen LogP) is 12.3. The Kier molecular flexibility index (Phi) is 8.72. The molecule has 13 rings (SSSR count). The van der Waals surface area contributed by atoms with Crippen molar-refractivity contribution in [3.05, 3.63) is 241 Å². The minimum Gasteiger partial charge on any atom is -0.461 e. The van der Waals surface area contributed by atoms with Gasteiger partial charge in [0.1, 0.15) is 11.5 Å². The third kappa shape index (κ3) is 5.87. The molecule has 8 aromatic carbocycles. The van der Waals surface area contributed by atoms with Gasteiger partial charge in [0.15, 0.2) is 8.07 Å². The van der Waals surface area contributed by atoms with Crippen LogP contribution in [-0.4, -0.2) is 17.2 Å². The molecule has 65 heavy (non-hydrogen) atoms. The normalized spacial score (nSPS) is 16.5. The molecule has 0 radical (unpaired) electrons. The summed E-state index contributed by atoms with van der Waals surface area (Å²) in [5.74, 6) is 2.82. The number of rotatable bonds is 7. The molecular formula is C61H46N2OSi. The van der Waals surface area contributed by atoms with Crippen molar-refractivity contribution in [3.8, 4) is 22.6 Å². The fourth-order valence-electron chi connectivity index (χ4n) is 11.3. The van der Waals surface area contributed by atoms with Crippen LogP contribution in [0.3, 0.4) is 0 Å². The van der Waals surface area contributed by atoms with Gasteiger partial charge in [-0.25, -0.2) is 0 Å². The third-order valence-electron chi connectivity index (χ3n) is 14.4. The van der Waals surface area contributed by atoms with E-state index < -0.39 is 8.07 Å². The van der Waals surface area contributed by atoms with E-state index in [9.17, 15) is 0 Å². The van der Waals surface area contributed by atoms with E-state index in [2.05, 4.69) is 241 Å². The van der Waals surface area contributed by atoms with Crippen molar-refractivity contribution in [1.29, 1.82) is 0 Å². The van der Waals surface area contributed by atoms with Gasteiger partial charge in [-0.15, -0.1) is 0 Å². The Balaban J connectivity index is 0.969. The van der Waals surface area contributed by atoms with Crippen LogP contribution in [0.5, 0.6) is 5.75 Å². The van der Waals surface area contributed by atoms with Gasteiger partial charge in [-0.2, -0.15) is 0 Å². The van der Waals surface area contributed by atoms with E-state index in [0.29, 0.717) is 5.92 Å². The summed E-state index contributed by atoms with van der Waals surface area (Å²) in [5, 5.41) is 9.27. The van der Waals surface area contributed by atoms with E-state index in [-0.39, 0.29) is 5.92 Å². The molecule has 2 aromatic heterocycles. The molecule has 0 saturated heterocycles. The molecule has 2 unspecified atom stereocenters. The zero-order chi connectivity index (χ0) is 43.1. The monoisotopic (exact) mass is 850 g/mol. The van der Waals surface area contributed by atoms with Crippen molar-refractivity contribution in [2.24, 2.45) is 5.92 Å². The molecule has 2 atom stereocenters. The van der Waals surface area contributed by atoms with Gasteiger partial charge in [0, 0.05) is 39.2 Å². The molecule has 3 nitrogen and oxygen atoms in total. The Bertz CT molecular complexity index is 3550. The molecule has 0 bridgehead atoms. The fraction of sp³-hybridized carbons (Fsp3) is 0.0820. The average molecular weight is 851 g/mol. The molecule has 1 aliphatic heterocycles. The predicted molar refractivity (Wildman–Crippen MR) is 274 cm³/mol. The Morgan fingerprint density at radius 1 is 0.523 bits per heavy atom. The number of nitrogens with zero attached hydrogens (tertiary/aromatic N) is 2.